The number of halogens is 1. The number of benzene rings is 2. The van der Waals surface area contributed by atoms with Crippen LogP contribution in [0.1, 0.15) is 30.5 Å². The van der Waals surface area contributed by atoms with E-state index in [-0.39, 0.29) is 17.6 Å². The zero-order valence-corrected chi connectivity index (χ0v) is 16.0. The highest BCUT2D eigenvalue weighted by molar-refractivity contribution is 5.95. The van der Waals surface area contributed by atoms with E-state index >= 15 is 0 Å². The van der Waals surface area contributed by atoms with Crippen LogP contribution in [-0.4, -0.2) is 10.9 Å². The van der Waals surface area contributed by atoms with Crippen LogP contribution in [0.3, 0.4) is 0 Å². The van der Waals surface area contributed by atoms with Crippen LogP contribution in [0.2, 0.25) is 0 Å². The van der Waals surface area contributed by atoms with E-state index < -0.39 is 0 Å². The number of nitrogens with one attached hydrogen (secondary N) is 2. The highest BCUT2D eigenvalue weighted by Crippen LogP contribution is 2.29. The summed E-state index contributed by atoms with van der Waals surface area (Å²) in [6.45, 7) is 5.91. The van der Waals surface area contributed by atoms with Crippen LogP contribution in [0.4, 0.5) is 15.8 Å². The second-order valence-electron chi connectivity index (χ2n) is 6.97. The Balaban J connectivity index is 1.84. The molecule has 6 heteroatoms. The molecule has 2 aromatic carbocycles. The molecule has 0 saturated heterocycles. The first kappa shape index (κ1) is 19.3. The predicted molar refractivity (Wildman–Crippen MR) is 108 cm³/mol. The summed E-state index contributed by atoms with van der Waals surface area (Å²) >= 11 is 0. The first-order chi connectivity index (χ1) is 13.4. The molecule has 2 N–H and O–H groups in total. The molecule has 0 unspecified atom stereocenters. The topological polar surface area (TPSA) is 77.8 Å². The molecule has 3 rings (SSSR count). The van der Waals surface area contributed by atoms with Gasteiger partial charge in [-0.05, 0) is 42.3 Å². The SMILES string of the molecule is Cc1cc(F)cc2c(NCc3ccc(NC(=O)C(C)C)cc3)c(C#N)cnc12. The number of nitriles is 1. The average Bonchev–Trinajstić information content (AvgIpc) is 2.66. The fourth-order valence-corrected chi connectivity index (χ4v) is 2.89. The van der Waals surface area contributed by atoms with E-state index in [2.05, 4.69) is 21.7 Å². The number of rotatable bonds is 5. The third-order valence-corrected chi connectivity index (χ3v) is 4.46. The van der Waals surface area contributed by atoms with Gasteiger partial charge in [0.05, 0.1) is 16.8 Å². The number of carbonyl (C=O) groups is 1. The highest BCUT2D eigenvalue weighted by atomic mass is 19.1. The Morgan fingerprint density at radius 1 is 1.25 bits per heavy atom. The Kier molecular flexibility index (Phi) is 5.55. The number of aromatic nitrogens is 1. The lowest BCUT2D eigenvalue weighted by Gasteiger charge is -2.13. The van der Waals surface area contributed by atoms with Crippen molar-refractivity contribution in [2.45, 2.75) is 27.3 Å². The molecule has 5 nitrogen and oxygen atoms in total. The molecule has 0 radical (unpaired) electrons. The summed E-state index contributed by atoms with van der Waals surface area (Å²) in [5.41, 5.74) is 3.99. The molecule has 0 fully saturated rings. The lowest BCUT2D eigenvalue weighted by atomic mass is 10.1. The molecule has 0 atom stereocenters. The number of fused-ring (bicyclic) bond motifs is 1. The quantitative estimate of drug-likeness (QED) is 0.673. The first-order valence-electron chi connectivity index (χ1n) is 9.01. The monoisotopic (exact) mass is 376 g/mol. The van der Waals surface area contributed by atoms with Gasteiger partial charge in [-0.1, -0.05) is 26.0 Å². The van der Waals surface area contributed by atoms with E-state index in [1.165, 1.54) is 18.3 Å². The number of carbonyl (C=O) groups excluding carboxylic acids is 1. The van der Waals surface area contributed by atoms with Gasteiger partial charge in [0, 0.05) is 29.7 Å². The van der Waals surface area contributed by atoms with Crippen LogP contribution >= 0.6 is 0 Å². The van der Waals surface area contributed by atoms with E-state index in [0.29, 0.717) is 34.3 Å². The van der Waals surface area contributed by atoms with Crippen molar-refractivity contribution in [1.82, 2.24) is 4.98 Å². The molecule has 1 amide bonds. The fourth-order valence-electron chi connectivity index (χ4n) is 2.89. The minimum Gasteiger partial charge on any atom is -0.379 e. The van der Waals surface area contributed by atoms with E-state index in [1.807, 2.05) is 38.1 Å². The van der Waals surface area contributed by atoms with Crippen molar-refractivity contribution in [1.29, 1.82) is 5.26 Å². The van der Waals surface area contributed by atoms with Crippen LogP contribution < -0.4 is 10.6 Å². The van der Waals surface area contributed by atoms with Crippen molar-refractivity contribution in [2.75, 3.05) is 10.6 Å². The molecule has 0 aliphatic rings. The number of hydrogen-bond acceptors (Lipinski definition) is 4. The van der Waals surface area contributed by atoms with Crippen molar-refractivity contribution in [3.63, 3.8) is 0 Å². The molecule has 1 heterocycles. The molecule has 3 aromatic rings. The Bertz CT molecular complexity index is 1070. The fraction of sp³-hybridized carbons (Fsp3) is 0.227. The molecule has 0 aliphatic carbocycles. The van der Waals surface area contributed by atoms with E-state index in [1.54, 1.807) is 6.92 Å². The molecule has 0 saturated carbocycles. The zero-order chi connectivity index (χ0) is 20.3. The van der Waals surface area contributed by atoms with Crippen LogP contribution in [0.25, 0.3) is 10.9 Å². The highest BCUT2D eigenvalue weighted by Gasteiger charge is 2.12. The number of nitrogens with zero attached hydrogens (tertiary/aromatic N) is 2. The van der Waals surface area contributed by atoms with Crippen molar-refractivity contribution in [3.8, 4) is 6.07 Å². The first-order valence-corrected chi connectivity index (χ1v) is 9.01. The maximum absolute atomic E-state index is 13.9. The molecular formula is C22H21FN4O. The van der Waals surface area contributed by atoms with Gasteiger partial charge >= 0.3 is 0 Å². The number of hydrogen-bond donors (Lipinski definition) is 2. The van der Waals surface area contributed by atoms with E-state index in [9.17, 15) is 14.4 Å². The largest absolute Gasteiger partial charge is 0.379 e. The lowest BCUT2D eigenvalue weighted by molar-refractivity contribution is -0.118. The Labute approximate surface area is 163 Å². The van der Waals surface area contributed by atoms with Crippen molar-refractivity contribution in [3.05, 3.63) is 65.1 Å². The summed E-state index contributed by atoms with van der Waals surface area (Å²) < 4.78 is 13.9. The number of anilines is 2. The van der Waals surface area contributed by atoms with Gasteiger partial charge in [-0.2, -0.15) is 5.26 Å². The van der Waals surface area contributed by atoms with Crippen molar-refractivity contribution < 1.29 is 9.18 Å². The van der Waals surface area contributed by atoms with Gasteiger partial charge in [0.25, 0.3) is 0 Å². The number of pyridine rings is 1. The summed E-state index contributed by atoms with van der Waals surface area (Å²) in [6, 6.07) is 12.4. The normalized spacial score (nSPS) is 10.7. The second kappa shape index (κ2) is 8.05. The molecule has 0 aliphatic heterocycles. The maximum atomic E-state index is 13.9. The maximum Gasteiger partial charge on any atom is 0.226 e. The zero-order valence-electron chi connectivity index (χ0n) is 16.0. The van der Waals surface area contributed by atoms with Crippen LogP contribution in [0, 0.1) is 30.0 Å². The number of aryl methyl sites for hydroxylation is 1. The molecule has 1 aromatic heterocycles. The van der Waals surface area contributed by atoms with Gasteiger partial charge in [-0.15, -0.1) is 0 Å². The van der Waals surface area contributed by atoms with Gasteiger partial charge in [0.1, 0.15) is 11.9 Å². The molecule has 0 bridgehead atoms. The standard InChI is InChI=1S/C22H21FN4O/c1-13(2)22(28)27-18-6-4-15(5-7-18)11-25-21-16(10-24)12-26-20-14(3)8-17(23)9-19(20)21/h4-9,12-13H,11H2,1-3H3,(H,25,26)(H,27,28). The van der Waals surface area contributed by atoms with E-state index in [0.717, 1.165) is 11.3 Å². The third kappa shape index (κ3) is 4.09. The predicted octanol–water partition coefficient (Wildman–Crippen LogP) is 4.76. The number of amides is 1. The van der Waals surface area contributed by atoms with Crippen molar-refractivity contribution in [2.24, 2.45) is 5.92 Å². The van der Waals surface area contributed by atoms with Gasteiger partial charge < -0.3 is 10.6 Å². The Morgan fingerprint density at radius 3 is 2.61 bits per heavy atom. The third-order valence-electron chi connectivity index (χ3n) is 4.46. The molecule has 28 heavy (non-hydrogen) atoms. The smallest absolute Gasteiger partial charge is 0.226 e. The van der Waals surface area contributed by atoms with E-state index in [4.69, 9.17) is 0 Å². The van der Waals surface area contributed by atoms with Gasteiger partial charge in [-0.25, -0.2) is 4.39 Å². The van der Waals surface area contributed by atoms with Gasteiger partial charge in [0.2, 0.25) is 5.91 Å². The van der Waals surface area contributed by atoms with Gasteiger partial charge in [0.15, 0.2) is 0 Å². The summed E-state index contributed by atoms with van der Waals surface area (Å²) in [5, 5.41) is 16.1. The summed E-state index contributed by atoms with van der Waals surface area (Å²) in [4.78, 5) is 16.1. The summed E-state index contributed by atoms with van der Waals surface area (Å²) in [7, 11) is 0. The van der Waals surface area contributed by atoms with Gasteiger partial charge in [-0.3, -0.25) is 9.78 Å². The van der Waals surface area contributed by atoms with Crippen LogP contribution in [-0.2, 0) is 11.3 Å². The molecule has 142 valence electrons. The van der Waals surface area contributed by atoms with Crippen LogP contribution in [0.15, 0.2) is 42.6 Å². The minimum absolute atomic E-state index is 0.0369. The average molecular weight is 376 g/mol. The molecular weight excluding hydrogens is 355 g/mol. The minimum atomic E-state index is -0.366. The summed E-state index contributed by atoms with van der Waals surface area (Å²) in [5.74, 6) is -0.491. The molecule has 0 spiro atoms. The van der Waals surface area contributed by atoms with Crippen LogP contribution in [0.5, 0.6) is 0 Å². The Morgan fingerprint density at radius 2 is 1.96 bits per heavy atom. The van der Waals surface area contributed by atoms with Crippen molar-refractivity contribution >= 4 is 28.2 Å². The summed E-state index contributed by atoms with van der Waals surface area (Å²) in [6.07, 6.45) is 1.50. The lowest BCUT2D eigenvalue weighted by Crippen LogP contribution is -2.17. The Hall–Kier alpha value is -3.46. The second-order valence-corrected chi connectivity index (χ2v) is 6.97.